The maximum Gasteiger partial charge on any atom is 0.354 e. The molecule has 2 N–H and O–H groups in total. The smallest absolute Gasteiger partial charge is 0.354 e. The summed E-state index contributed by atoms with van der Waals surface area (Å²) < 4.78 is 9.76. The van der Waals surface area contributed by atoms with E-state index in [-0.39, 0.29) is 24.6 Å². The molecule has 0 aromatic heterocycles. The van der Waals surface area contributed by atoms with Crippen molar-refractivity contribution in [2.24, 2.45) is 10.2 Å². The van der Waals surface area contributed by atoms with E-state index in [0.717, 1.165) is 11.1 Å². The van der Waals surface area contributed by atoms with Crippen LogP contribution in [0.15, 0.2) is 46.6 Å². The molecule has 0 atom stereocenters. The van der Waals surface area contributed by atoms with Crippen LogP contribution in [0.4, 0.5) is 11.4 Å². The lowest BCUT2D eigenvalue weighted by molar-refractivity contribution is -0.135. The minimum absolute atomic E-state index is 0.183. The summed E-state index contributed by atoms with van der Waals surface area (Å²) >= 11 is 12.7. The van der Waals surface area contributed by atoms with Crippen molar-refractivity contribution in [3.05, 3.63) is 46.4 Å². The fourth-order valence-electron chi connectivity index (χ4n) is 2.42. The Morgan fingerprint density at radius 3 is 1.47 bits per heavy atom. The van der Waals surface area contributed by atoms with E-state index in [4.69, 9.17) is 32.7 Å². The lowest BCUT2D eigenvalue weighted by Crippen LogP contribution is -2.15. The number of nitrogens with zero attached hydrogens (tertiary/aromatic N) is 2. The fraction of sp³-hybridized carbons (Fsp3) is 0.273. The standard InChI is InChI=1S/C22H24Cl2N4O4/c1-5-31-21(29)13(3)25-27-19-9-7-15(11-17(19)23)16-8-10-20(18(24)12-16)28-26-14(4)22(30)32-6-2/h7-12,27-28H,5-6H2,1-4H3/b25-13+,26-14+. The molecule has 0 bridgehead atoms. The second-order valence-electron chi connectivity index (χ2n) is 6.45. The van der Waals surface area contributed by atoms with Crippen LogP contribution in [0.1, 0.15) is 27.7 Å². The van der Waals surface area contributed by atoms with Gasteiger partial charge in [0.15, 0.2) is 0 Å². The van der Waals surface area contributed by atoms with Crippen LogP contribution in [-0.4, -0.2) is 36.6 Å². The lowest BCUT2D eigenvalue weighted by Gasteiger charge is -2.10. The minimum Gasteiger partial charge on any atom is -0.461 e. The van der Waals surface area contributed by atoms with Gasteiger partial charge >= 0.3 is 11.9 Å². The molecule has 8 nitrogen and oxygen atoms in total. The monoisotopic (exact) mass is 478 g/mol. The molecular formula is C22H24Cl2N4O4. The molecule has 0 unspecified atom stereocenters. The molecule has 10 heteroatoms. The Labute approximate surface area is 196 Å². The third-order valence-corrected chi connectivity index (χ3v) is 4.73. The summed E-state index contributed by atoms with van der Waals surface area (Å²) in [6.45, 7) is 7.08. The molecule has 2 aromatic carbocycles. The van der Waals surface area contributed by atoms with Crippen molar-refractivity contribution in [2.45, 2.75) is 27.7 Å². The van der Waals surface area contributed by atoms with Crippen molar-refractivity contribution in [1.29, 1.82) is 0 Å². The number of hydrogen-bond acceptors (Lipinski definition) is 8. The number of nitrogens with one attached hydrogen (secondary N) is 2. The van der Waals surface area contributed by atoms with Crippen molar-refractivity contribution < 1.29 is 19.1 Å². The van der Waals surface area contributed by atoms with Gasteiger partial charge in [0.25, 0.3) is 0 Å². The second-order valence-corrected chi connectivity index (χ2v) is 7.26. The summed E-state index contributed by atoms with van der Waals surface area (Å²) in [6.07, 6.45) is 0. The van der Waals surface area contributed by atoms with Gasteiger partial charge in [0.1, 0.15) is 11.4 Å². The summed E-state index contributed by atoms with van der Waals surface area (Å²) in [4.78, 5) is 23.2. The summed E-state index contributed by atoms with van der Waals surface area (Å²) in [7, 11) is 0. The predicted octanol–water partition coefficient (Wildman–Crippen LogP) is 5.36. The number of hydrogen-bond donors (Lipinski definition) is 2. The Morgan fingerprint density at radius 1 is 0.781 bits per heavy atom. The van der Waals surface area contributed by atoms with E-state index in [1.54, 1.807) is 52.0 Å². The quantitative estimate of drug-likeness (QED) is 0.285. The number of ether oxygens (including phenoxy) is 2. The number of esters is 2. The predicted molar refractivity (Wildman–Crippen MR) is 129 cm³/mol. The van der Waals surface area contributed by atoms with Gasteiger partial charge in [-0.05, 0) is 63.1 Å². The Hall–Kier alpha value is -3.10. The van der Waals surface area contributed by atoms with Crippen LogP contribution < -0.4 is 10.9 Å². The van der Waals surface area contributed by atoms with Crippen LogP contribution in [0.5, 0.6) is 0 Å². The molecule has 0 aliphatic rings. The first-order valence-corrected chi connectivity index (χ1v) is 10.6. The van der Waals surface area contributed by atoms with Crippen LogP contribution in [0.2, 0.25) is 10.0 Å². The highest BCUT2D eigenvalue weighted by Gasteiger charge is 2.10. The van der Waals surface area contributed by atoms with E-state index in [0.29, 0.717) is 21.4 Å². The van der Waals surface area contributed by atoms with E-state index < -0.39 is 11.9 Å². The number of hydrazone groups is 2. The van der Waals surface area contributed by atoms with Gasteiger partial charge in [-0.25, -0.2) is 9.59 Å². The SMILES string of the molecule is CCOC(=O)/C(C)=N/Nc1ccc(-c2ccc(N/N=C(\C)C(=O)OCC)c(Cl)c2)cc1Cl. The first-order chi connectivity index (χ1) is 15.3. The van der Waals surface area contributed by atoms with E-state index >= 15 is 0 Å². The van der Waals surface area contributed by atoms with Crippen molar-refractivity contribution >= 4 is 57.9 Å². The number of carbonyl (C=O) groups is 2. The summed E-state index contributed by atoms with van der Waals surface area (Å²) in [6, 6.07) is 10.7. The zero-order chi connectivity index (χ0) is 23.7. The molecule has 2 aromatic rings. The zero-order valence-corrected chi connectivity index (χ0v) is 19.7. The van der Waals surface area contributed by atoms with E-state index in [2.05, 4.69) is 21.1 Å². The van der Waals surface area contributed by atoms with Gasteiger partial charge in [0, 0.05) is 0 Å². The van der Waals surface area contributed by atoms with Gasteiger partial charge in [0.2, 0.25) is 0 Å². The van der Waals surface area contributed by atoms with Gasteiger partial charge in [-0.15, -0.1) is 0 Å². The molecule has 0 aliphatic carbocycles. The van der Waals surface area contributed by atoms with Gasteiger partial charge < -0.3 is 9.47 Å². The van der Waals surface area contributed by atoms with Gasteiger partial charge in [-0.2, -0.15) is 10.2 Å². The molecule has 2 rings (SSSR count). The maximum atomic E-state index is 11.6. The highest BCUT2D eigenvalue weighted by molar-refractivity contribution is 6.36. The molecule has 0 aliphatic heterocycles. The Kier molecular flexibility index (Phi) is 9.49. The topological polar surface area (TPSA) is 101 Å². The minimum atomic E-state index is -0.502. The molecule has 0 heterocycles. The van der Waals surface area contributed by atoms with Crippen molar-refractivity contribution in [3.8, 4) is 11.1 Å². The zero-order valence-electron chi connectivity index (χ0n) is 18.2. The van der Waals surface area contributed by atoms with Crippen LogP contribution in [0.3, 0.4) is 0 Å². The average Bonchev–Trinajstić information content (AvgIpc) is 2.77. The van der Waals surface area contributed by atoms with Crippen molar-refractivity contribution in [3.63, 3.8) is 0 Å². The molecule has 0 radical (unpaired) electrons. The first kappa shape index (κ1) is 25.2. The van der Waals surface area contributed by atoms with Gasteiger partial charge in [-0.1, -0.05) is 35.3 Å². The first-order valence-electron chi connectivity index (χ1n) is 9.81. The van der Waals surface area contributed by atoms with E-state index in [1.165, 1.54) is 0 Å². The molecular weight excluding hydrogens is 455 g/mol. The Morgan fingerprint density at radius 2 is 1.16 bits per heavy atom. The van der Waals surface area contributed by atoms with Gasteiger partial charge in [-0.3, -0.25) is 10.9 Å². The van der Waals surface area contributed by atoms with E-state index in [9.17, 15) is 9.59 Å². The van der Waals surface area contributed by atoms with E-state index in [1.807, 2.05) is 12.1 Å². The molecule has 0 saturated heterocycles. The molecule has 0 saturated carbocycles. The molecule has 0 fully saturated rings. The number of rotatable bonds is 9. The van der Waals surface area contributed by atoms with Crippen LogP contribution in [0, 0.1) is 0 Å². The van der Waals surface area contributed by atoms with Crippen molar-refractivity contribution in [1.82, 2.24) is 0 Å². The molecule has 32 heavy (non-hydrogen) atoms. The number of halogens is 2. The number of benzene rings is 2. The summed E-state index contributed by atoms with van der Waals surface area (Å²) in [5.74, 6) is -1.00. The lowest BCUT2D eigenvalue weighted by atomic mass is 10.0. The Balaban J connectivity index is 2.14. The molecule has 170 valence electrons. The molecule has 0 amide bonds. The third kappa shape index (κ3) is 6.96. The van der Waals surface area contributed by atoms with Crippen molar-refractivity contribution in [2.75, 3.05) is 24.1 Å². The second kappa shape index (κ2) is 12.1. The van der Waals surface area contributed by atoms with Crippen LogP contribution >= 0.6 is 23.2 Å². The highest BCUT2D eigenvalue weighted by atomic mass is 35.5. The third-order valence-electron chi connectivity index (χ3n) is 4.10. The highest BCUT2D eigenvalue weighted by Crippen LogP contribution is 2.32. The average molecular weight is 479 g/mol. The summed E-state index contributed by atoms with van der Waals surface area (Å²) in [5, 5.41) is 8.81. The van der Waals surface area contributed by atoms with Gasteiger partial charge in [0.05, 0.1) is 34.6 Å². The molecule has 0 spiro atoms. The number of carbonyl (C=O) groups excluding carboxylic acids is 2. The maximum absolute atomic E-state index is 11.6. The summed E-state index contributed by atoms with van der Waals surface area (Å²) in [5.41, 5.74) is 8.61. The Bertz CT molecular complexity index is 971. The normalized spacial score (nSPS) is 11.7. The largest absolute Gasteiger partial charge is 0.461 e. The van der Waals surface area contributed by atoms with Crippen LogP contribution in [0.25, 0.3) is 11.1 Å². The number of anilines is 2. The fourth-order valence-corrected chi connectivity index (χ4v) is 2.87. The van der Waals surface area contributed by atoms with Crippen LogP contribution in [-0.2, 0) is 19.1 Å².